The van der Waals surface area contributed by atoms with Gasteiger partial charge in [-0.15, -0.1) is 0 Å². The summed E-state index contributed by atoms with van der Waals surface area (Å²) in [7, 11) is 0. The fourth-order valence-electron chi connectivity index (χ4n) is 3.79. The summed E-state index contributed by atoms with van der Waals surface area (Å²) in [5, 5.41) is 19.2. The summed E-state index contributed by atoms with van der Waals surface area (Å²) >= 11 is 0. The molecule has 1 aromatic carbocycles. The number of hydrogen-bond donors (Lipinski definition) is 1. The van der Waals surface area contributed by atoms with E-state index in [0.29, 0.717) is 37.7 Å². The van der Waals surface area contributed by atoms with E-state index in [9.17, 15) is 18.7 Å². The third-order valence-corrected chi connectivity index (χ3v) is 5.34. The van der Waals surface area contributed by atoms with Crippen molar-refractivity contribution in [1.29, 1.82) is 5.26 Å². The second-order valence-electron chi connectivity index (χ2n) is 7.02. The fraction of sp³-hybridized carbons (Fsp3) is 0.350. The molecule has 1 atom stereocenters. The predicted molar refractivity (Wildman–Crippen MR) is 101 cm³/mol. The van der Waals surface area contributed by atoms with E-state index in [1.807, 2.05) is 4.90 Å². The smallest absolute Gasteiger partial charge is 0.324 e. The van der Waals surface area contributed by atoms with E-state index < -0.39 is 17.7 Å². The van der Waals surface area contributed by atoms with Gasteiger partial charge in [0.25, 0.3) is 0 Å². The number of carbonyl (C=O) groups excluding carboxylic acids is 1. The number of benzene rings is 1. The lowest BCUT2D eigenvalue weighted by Gasteiger charge is -2.40. The molecule has 2 aliphatic rings. The number of hydrogen-bond acceptors (Lipinski definition) is 5. The average Bonchev–Trinajstić information content (AvgIpc) is 2.74. The van der Waals surface area contributed by atoms with Crippen LogP contribution in [0.5, 0.6) is 0 Å². The SMILES string of the molecule is N#Cc1ccc2c(c1F)C(O)CCN2C(=O)N1CCN(c2ccc(F)cn2)CC1. The molecule has 2 aromatic rings. The molecule has 0 saturated carbocycles. The summed E-state index contributed by atoms with van der Waals surface area (Å²) in [6.07, 6.45) is 0.306. The number of rotatable bonds is 1. The number of anilines is 2. The van der Waals surface area contributed by atoms with E-state index in [1.165, 1.54) is 23.1 Å². The van der Waals surface area contributed by atoms with Crippen LogP contribution in [0.4, 0.5) is 25.1 Å². The topological polar surface area (TPSA) is 83.7 Å². The normalized spacial score (nSPS) is 19.0. The first-order valence-electron chi connectivity index (χ1n) is 9.33. The van der Waals surface area contributed by atoms with Crippen LogP contribution in [0.2, 0.25) is 0 Å². The first-order chi connectivity index (χ1) is 14.0. The standard InChI is InChI=1S/C20H19F2N5O2/c21-14-2-4-17(24-12-14)25-7-9-26(10-8-25)20(29)27-6-5-16(28)18-15(27)3-1-13(11-23)19(18)22/h1-4,12,16,28H,5-10H2. The Morgan fingerprint density at radius 3 is 2.55 bits per heavy atom. The summed E-state index contributed by atoms with van der Waals surface area (Å²) in [6, 6.07) is 7.28. The zero-order valence-corrected chi connectivity index (χ0v) is 15.6. The minimum absolute atomic E-state index is 0.00204. The lowest BCUT2D eigenvalue weighted by atomic mass is 9.96. The molecule has 1 fully saturated rings. The van der Waals surface area contributed by atoms with Crippen LogP contribution in [0.1, 0.15) is 23.7 Å². The number of urea groups is 1. The van der Waals surface area contributed by atoms with E-state index in [-0.39, 0.29) is 30.1 Å². The second kappa shape index (κ2) is 7.64. The molecule has 2 amide bonds. The number of carbonyl (C=O) groups is 1. The quantitative estimate of drug-likeness (QED) is 0.796. The Morgan fingerprint density at radius 2 is 1.90 bits per heavy atom. The highest BCUT2D eigenvalue weighted by molar-refractivity contribution is 5.93. The molecule has 2 aliphatic heterocycles. The van der Waals surface area contributed by atoms with Crippen molar-refractivity contribution in [1.82, 2.24) is 9.88 Å². The first kappa shape index (κ1) is 19.1. The summed E-state index contributed by atoms with van der Waals surface area (Å²) in [5.41, 5.74) is 0.142. The number of aromatic nitrogens is 1. The molecular formula is C20H19F2N5O2. The van der Waals surface area contributed by atoms with Crippen LogP contribution in [-0.4, -0.2) is 53.7 Å². The highest BCUT2D eigenvalue weighted by atomic mass is 19.1. The number of nitrogens with zero attached hydrogens (tertiary/aromatic N) is 5. The van der Waals surface area contributed by atoms with Crippen LogP contribution < -0.4 is 9.80 Å². The largest absolute Gasteiger partial charge is 0.388 e. The Balaban J connectivity index is 1.50. The van der Waals surface area contributed by atoms with E-state index in [2.05, 4.69) is 4.98 Å². The maximum atomic E-state index is 14.6. The number of nitriles is 1. The van der Waals surface area contributed by atoms with Crippen molar-refractivity contribution in [3.8, 4) is 6.07 Å². The van der Waals surface area contributed by atoms with Gasteiger partial charge in [-0.25, -0.2) is 18.6 Å². The maximum absolute atomic E-state index is 14.6. The molecule has 9 heteroatoms. The van der Waals surface area contributed by atoms with Crippen LogP contribution in [-0.2, 0) is 0 Å². The highest BCUT2D eigenvalue weighted by Gasteiger charge is 2.34. The van der Waals surface area contributed by atoms with Gasteiger partial charge in [0.05, 0.1) is 23.6 Å². The van der Waals surface area contributed by atoms with Crippen LogP contribution >= 0.6 is 0 Å². The van der Waals surface area contributed by atoms with Gasteiger partial charge in [0.2, 0.25) is 0 Å². The molecule has 7 nitrogen and oxygen atoms in total. The highest BCUT2D eigenvalue weighted by Crippen LogP contribution is 2.37. The van der Waals surface area contributed by atoms with Crippen molar-refractivity contribution >= 4 is 17.5 Å². The van der Waals surface area contributed by atoms with Crippen LogP contribution in [0.25, 0.3) is 0 Å². The molecular weight excluding hydrogens is 380 g/mol. The van der Waals surface area contributed by atoms with Gasteiger partial charge in [-0.05, 0) is 30.7 Å². The molecule has 0 aliphatic carbocycles. The van der Waals surface area contributed by atoms with Crippen LogP contribution in [0.3, 0.4) is 0 Å². The van der Waals surface area contributed by atoms with Crippen LogP contribution in [0.15, 0.2) is 30.5 Å². The monoisotopic (exact) mass is 399 g/mol. The predicted octanol–water partition coefficient (Wildman–Crippen LogP) is 2.42. The van der Waals surface area contributed by atoms with E-state index in [1.54, 1.807) is 17.0 Å². The van der Waals surface area contributed by atoms with Gasteiger partial charge in [0.1, 0.15) is 23.5 Å². The number of piperazine rings is 1. The minimum Gasteiger partial charge on any atom is -0.388 e. The third kappa shape index (κ3) is 3.47. The number of halogens is 2. The molecule has 1 aromatic heterocycles. The Labute approximate surface area is 166 Å². The van der Waals surface area contributed by atoms with Gasteiger partial charge >= 0.3 is 6.03 Å². The van der Waals surface area contributed by atoms with Crippen molar-refractivity contribution in [3.63, 3.8) is 0 Å². The number of aliphatic hydroxyl groups excluding tert-OH is 1. The minimum atomic E-state index is -1.05. The summed E-state index contributed by atoms with van der Waals surface area (Å²) in [4.78, 5) is 22.2. The van der Waals surface area contributed by atoms with Gasteiger partial charge in [0, 0.05) is 38.3 Å². The summed E-state index contributed by atoms with van der Waals surface area (Å²) in [5.74, 6) is -0.529. The lowest BCUT2D eigenvalue weighted by molar-refractivity contribution is 0.156. The maximum Gasteiger partial charge on any atom is 0.324 e. The van der Waals surface area contributed by atoms with E-state index >= 15 is 0 Å². The Hall–Kier alpha value is -3.25. The Bertz CT molecular complexity index is 968. The Kier molecular flexibility index (Phi) is 5.03. The van der Waals surface area contributed by atoms with Gasteiger partial charge in [-0.2, -0.15) is 5.26 Å². The van der Waals surface area contributed by atoms with Crippen molar-refractivity contribution in [2.45, 2.75) is 12.5 Å². The van der Waals surface area contributed by atoms with Crippen molar-refractivity contribution in [2.24, 2.45) is 0 Å². The van der Waals surface area contributed by atoms with Crippen molar-refractivity contribution < 1.29 is 18.7 Å². The molecule has 1 saturated heterocycles. The van der Waals surface area contributed by atoms with Gasteiger partial charge in [0.15, 0.2) is 0 Å². The number of aliphatic hydroxyl groups is 1. The zero-order valence-electron chi connectivity index (χ0n) is 15.6. The Morgan fingerprint density at radius 1 is 1.14 bits per heavy atom. The van der Waals surface area contributed by atoms with Crippen molar-refractivity contribution in [2.75, 3.05) is 42.5 Å². The molecule has 4 rings (SSSR count). The summed E-state index contributed by atoms with van der Waals surface area (Å²) < 4.78 is 27.6. The molecule has 1 unspecified atom stereocenters. The average molecular weight is 399 g/mol. The summed E-state index contributed by atoms with van der Waals surface area (Å²) in [6.45, 7) is 2.21. The van der Waals surface area contributed by atoms with Gasteiger partial charge < -0.3 is 14.9 Å². The fourth-order valence-corrected chi connectivity index (χ4v) is 3.79. The van der Waals surface area contributed by atoms with Crippen molar-refractivity contribution in [3.05, 3.63) is 53.2 Å². The molecule has 0 radical (unpaired) electrons. The number of fused-ring (bicyclic) bond motifs is 1. The van der Waals surface area contributed by atoms with Gasteiger partial charge in [-0.1, -0.05) is 0 Å². The molecule has 3 heterocycles. The van der Waals surface area contributed by atoms with Gasteiger partial charge in [-0.3, -0.25) is 4.90 Å². The molecule has 150 valence electrons. The van der Waals surface area contributed by atoms with Crippen LogP contribution in [0, 0.1) is 23.0 Å². The number of pyridine rings is 1. The molecule has 29 heavy (non-hydrogen) atoms. The molecule has 0 spiro atoms. The zero-order chi connectivity index (χ0) is 20.5. The lowest BCUT2D eigenvalue weighted by Crippen LogP contribution is -2.54. The second-order valence-corrected chi connectivity index (χ2v) is 7.02. The molecule has 1 N–H and O–H groups in total. The van der Waals surface area contributed by atoms with E-state index in [4.69, 9.17) is 5.26 Å². The third-order valence-electron chi connectivity index (χ3n) is 5.34. The molecule has 0 bridgehead atoms. The first-order valence-corrected chi connectivity index (χ1v) is 9.33. The van der Waals surface area contributed by atoms with E-state index in [0.717, 1.165) is 6.20 Å². The number of amides is 2.